The van der Waals surface area contributed by atoms with E-state index in [1.807, 2.05) is 4.90 Å². The number of non-ortho nitro benzene ring substituents is 1. The van der Waals surface area contributed by atoms with E-state index in [0.717, 1.165) is 31.5 Å². The van der Waals surface area contributed by atoms with Crippen LogP contribution in [0.25, 0.3) is 0 Å². The Hall–Kier alpha value is -1.66. The van der Waals surface area contributed by atoms with E-state index >= 15 is 0 Å². The zero-order chi connectivity index (χ0) is 14.8. The number of nitro benzene ring substituents is 1. The lowest BCUT2D eigenvalue weighted by atomic mass is 10.1. The van der Waals surface area contributed by atoms with Crippen LogP contribution in [0.15, 0.2) is 24.3 Å². The van der Waals surface area contributed by atoms with Crippen LogP contribution in [0.1, 0.15) is 24.8 Å². The fourth-order valence-corrected chi connectivity index (χ4v) is 3.19. The van der Waals surface area contributed by atoms with Crippen LogP contribution in [0.5, 0.6) is 0 Å². The first-order chi connectivity index (χ1) is 10.1. The maximum atomic E-state index is 12.4. The van der Waals surface area contributed by atoms with E-state index in [9.17, 15) is 14.9 Å². The lowest BCUT2D eigenvalue weighted by Crippen LogP contribution is -2.39. The fraction of sp³-hybridized carbons (Fsp3) is 0.533. The number of carbonyl (C=O) groups is 1. The Morgan fingerprint density at radius 1 is 1.23 bits per heavy atom. The molecule has 1 amide bonds. The third-order valence-electron chi connectivity index (χ3n) is 4.38. The van der Waals surface area contributed by atoms with E-state index in [4.69, 9.17) is 0 Å². The van der Waals surface area contributed by atoms with Gasteiger partial charge in [0, 0.05) is 37.3 Å². The van der Waals surface area contributed by atoms with Crippen molar-refractivity contribution in [3.8, 4) is 0 Å². The minimum Gasteiger partial charge on any atom is -0.341 e. The van der Waals surface area contributed by atoms with Crippen molar-refractivity contribution < 1.29 is 9.72 Å². The first kappa shape index (κ1) is 16.7. The van der Waals surface area contributed by atoms with Gasteiger partial charge in [0.05, 0.1) is 11.3 Å². The number of rotatable bonds is 3. The maximum Gasteiger partial charge on any atom is 0.269 e. The highest BCUT2D eigenvalue weighted by molar-refractivity contribution is 5.85. The van der Waals surface area contributed by atoms with Gasteiger partial charge >= 0.3 is 0 Å². The van der Waals surface area contributed by atoms with Crippen LogP contribution in [0.4, 0.5) is 5.69 Å². The van der Waals surface area contributed by atoms with Crippen molar-refractivity contribution in [2.24, 2.45) is 0 Å². The van der Waals surface area contributed by atoms with E-state index in [0.29, 0.717) is 18.5 Å². The number of benzene rings is 1. The molecule has 2 unspecified atom stereocenters. The van der Waals surface area contributed by atoms with Crippen LogP contribution in [0.2, 0.25) is 0 Å². The molecule has 2 saturated heterocycles. The summed E-state index contributed by atoms with van der Waals surface area (Å²) in [5, 5.41) is 14.2. The van der Waals surface area contributed by atoms with Gasteiger partial charge < -0.3 is 10.2 Å². The summed E-state index contributed by atoms with van der Waals surface area (Å²) in [6.45, 7) is 1.59. The standard InChI is InChI=1S/C15H19N3O3.ClH/c19-15(9-11-1-5-14(6-2-11)18(20)21)17-8-7-12-3-4-13(10-17)16-12;/h1-2,5-6,12-13,16H,3-4,7-10H2;1H. The van der Waals surface area contributed by atoms with Crippen molar-refractivity contribution >= 4 is 24.0 Å². The van der Waals surface area contributed by atoms with Crippen LogP contribution in [-0.4, -0.2) is 40.9 Å². The SMILES string of the molecule is Cl.O=C(Cc1ccc([N+](=O)[O-])cc1)N1CCC2CCC(C1)N2. The number of fused-ring (bicyclic) bond motifs is 2. The Labute approximate surface area is 135 Å². The van der Waals surface area contributed by atoms with Gasteiger partial charge in [0.2, 0.25) is 5.91 Å². The van der Waals surface area contributed by atoms with E-state index in [1.165, 1.54) is 18.6 Å². The number of likely N-dealkylation sites (tertiary alicyclic amines) is 1. The molecule has 120 valence electrons. The second-order valence-corrected chi connectivity index (χ2v) is 5.87. The van der Waals surface area contributed by atoms with Gasteiger partial charge in [-0.3, -0.25) is 14.9 Å². The topological polar surface area (TPSA) is 75.5 Å². The van der Waals surface area contributed by atoms with Crippen LogP contribution in [0, 0.1) is 10.1 Å². The lowest BCUT2D eigenvalue weighted by molar-refractivity contribution is -0.384. The average molecular weight is 326 g/mol. The Balaban J connectivity index is 0.00000176. The minimum atomic E-state index is -0.428. The molecule has 7 heteroatoms. The van der Waals surface area contributed by atoms with Gasteiger partial charge in [0.1, 0.15) is 0 Å². The van der Waals surface area contributed by atoms with Crippen molar-refractivity contribution in [2.75, 3.05) is 13.1 Å². The van der Waals surface area contributed by atoms with E-state index in [1.54, 1.807) is 12.1 Å². The van der Waals surface area contributed by atoms with Gasteiger partial charge in [0.25, 0.3) is 5.69 Å². The van der Waals surface area contributed by atoms with Crippen molar-refractivity contribution in [3.05, 3.63) is 39.9 Å². The molecule has 0 aliphatic carbocycles. The number of halogens is 1. The van der Waals surface area contributed by atoms with E-state index in [-0.39, 0.29) is 24.0 Å². The first-order valence-electron chi connectivity index (χ1n) is 7.39. The summed E-state index contributed by atoms with van der Waals surface area (Å²) in [5.74, 6) is 0.109. The second-order valence-electron chi connectivity index (χ2n) is 5.87. The van der Waals surface area contributed by atoms with E-state index in [2.05, 4.69) is 5.32 Å². The number of amides is 1. The zero-order valence-corrected chi connectivity index (χ0v) is 13.1. The molecular formula is C15H20ClN3O3. The van der Waals surface area contributed by atoms with Crippen LogP contribution in [-0.2, 0) is 11.2 Å². The molecule has 1 aromatic carbocycles. The Morgan fingerprint density at radius 3 is 2.59 bits per heavy atom. The average Bonchev–Trinajstić information content (AvgIpc) is 2.78. The summed E-state index contributed by atoms with van der Waals surface area (Å²) in [7, 11) is 0. The number of carbonyl (C=O) groups excluding carboxylic acids is 1. The van der Waals surface area contributed by atoms with Crippen molar-refractivity contribution in [3.63, 3.8) is 0 Å². The van der Waals surface area contributed by atoms with Crippen LogP contribution >= 0.6 is 12.4 Å². The number of hydrogen-bond donors (Lipinski definition) is 1. The lowest BCUT2D eigenvalue weighted by Gasteiger charge is -2.24. The molecule has 2 atom stereocenters. The van der Waals surface area contributed by atoms with Crippen molar-refractivity contribution in [2.45, 2.75) is 37.8 Å². The summed E-state index contributed by atoms with van der Waals surface area (Å²) >= 11 is 0. The number of hydrogen-bond acceptors (Lipinski definition) is 4. The van der Waals surface area contributed by atoms with Crippen molar-refractivity contribution in [1.29, 1.82) is 0 Å². The summed E-state index contributed by atoms with van der Waals surface area (Å²) < 4.78 is 0. The zero-order valence-electron chi connectivity index (χ0n) is 12.2. The quantitative estimate of drug-likeness (QED) is 0.680. The van der Waals surface area contributed by atoms with Gasteiger partial charge in [-0.15, -0.1) is 12.4 Å². The molecule has 2 bridgehead atoms. The minimum absolute atomic E-state index is 0. The number of nitro groups is 1. The predicted octanol–water partition coefficient (Wildman–Crippen LogP) is 1.91. The Kier molecular flexibility index (Phi) is 5.37. The molecule has 2 aliphatic rings. The maximum absolute atomic E-state index is 12.4. The molecule has 1 N–H and O–H groups in total. The molecule has 0 spiro atoms. The number of nitrogens with zero attached hydrogens (tertiary/aromatic N) is 2. The smallest absolute Gasteiger partial charge is 0.269 e. The molecule has 6 nitrogen and oxygen atoms in total. The Morgan fingerprint density at radius 2 is 1.91 bits per heavy atom. The third-order valence-corrected chi connectivity index (χ3v) is 4.38. The molecule has 0 aromatic heterocycles. The molecule has 2 heterocycles. The summed E-state index contributed by atoms with van der Waals surface area (Å²) in [6, 6.07) is 7.23. The van der Waals surface area contributed by atoms with E-state index < -0.39 is 4.92 Å². The van der Waals surface area contributed by atoms with Gasteiger partial charge in [-0.25, -0.2) is 0 Å². The molecule has 1 aromatic rings. The highest BCUT2D eigenvalue weighted by Crippen LogP contribution is 2.21. The molecule has 2 fully saturated rings. The first-order valence-corrected chi connectivity index (χ1v) is 7.39. The predicted molar refractivity (Wildman–Crippen MR) is 85.2 cm³/mol. The van der Waals surface area contributed by atoms with Crippen LogP contribution < -0.4 is 5.32 Å². The van der Waals surface area contributed by atoms with Crippen LogP contribution in [0.3, 0.4) is 0 Å². The normalized spacial score (nSPS) is 23.5. The largest absolute Gasteiger partial charge is 0.341 e. The Bertz CT molecular complexity index is 549. The monoisotopic (exact) mass is 325 g/mol. The molecule has 0 radical (unpaired) electrons. The molecule has 22 heavy (non-hydrogen) atoms. The second kappa shape index (κ2) is 7.07. The summed E-state index contributed by atoms with van der Waals surface area (Å²) in [6.07, 6.45) is 3.69. The molecule has 0 saturated carbocycles. The highest BCUT2D eigenvalue weighted by atomic mass is 35.5. The molecule has 3 rings (SSSR count). The molecule has 2 aliphatic heterocycles. The third kappa shape index (κ3) is 3.75. The van der Waals surface area contributed by atoms with Crippen molar-refractivity contribution in [1.82, 2.24) is 10.2 Å². The molecular weight excluding hydrogens is 306 g/mol. The van der Waals surface area contributed by atoms with Gasteiger partial charge in [-0.2, -0.15) is 0 Å². The number of nitrogens with one attached hydrogen (secondary N) is 1. The van der Waals surface area contributed by atoms with Gasteiger partial charge in [-0.05, 0) is 24.8 Å². The highest BCUT2D eigenvalue weighted by Gasteiger charge is 2.30. The summed E-state index contributed by atoms with van der Waals surface area (Å²) in [4.78, 5) is 24.5. The fourth-order valence-electron chi connectivity index (χ4n) is 3.19. The summed E-state index contributed by atoms with van der Waals surface area (Å²) in [5.41, 5.74) is 0.885. The van der Waals surface area contributed by atoms with Gasteiger partial charge in [0.15, 0.2) is 0 Å². The van der Waals surface area contributed by atoms with Gasteiger partial charge in [-0.1, -0.05) is 12.1 Å².